The summed E-state index contributed by atoms with van der Waals surface area (Å²) in [4.78, 5) is 13.0. The van der Waals surface area contributed by atoms with Gasteiger partial charge in [-0.05, 0) is 19.1 Å². The Hall–Kier alpha value is -2.29. The van der Waals surface area contributed by atoms with Crippen molar-refractivity contribution in [3.05, 3.63) is 54.5 Å². The first-order valence-corrected chi connectivity index (χ1v) is 5.48. The molecule has 3 nitrogen and oxygen atoms in total. The fraction of sp³-hybridized carbons (Fsp3) is 0.0714. The van der Waals surface area contributed by atoms with E-state index in [1.54, 1.807) is 6.33 Å². The molecule has 0 bridgehead atoms. The summed E-state index contributed by atoms with van der Waals surface area (Å²) in [5, 5.41) is 0. The molecule has 3 rings (SSSR count). The van der Waals surface area contributed by atoms with Gasteiger partial charge >= 0.3 is 0 Å². The van der Waals surface area contributed by atoms with Crippen LogP contribution in [0, 0.1) is 6.92 Å². The number of pyridine rings is 1. The molecule has 0 aliphatic rings. The summed E-state index contributed by atoms with van der Waals surface area (Å²) >= 11 is 0. The van der Waals surface area contributed by atoms with Gasteiger partial charge < -0.3 is 0 Å². The zero-order valence-electron chi connectivity index (χ0n) is 9.46. The molecule has 82 valence electrons. The van der Waals surface area contributed by atoms with Crippen molar-refractivity contribution in [3.63, 3.8) is 0 Å². The average Bonchev–Trinajstić information content (AvgIpc) is 2.40. The zero-order valence-corrected chi connectivity index (χ0v) is 9.46. The molecule has 3 heteroatoms. The lowest BCUT2D eigenvalue weighted by Gasteiger charge is -2.03. The van der Waals surface area contributed by atoms with Crippen LogP contribution < -0.4 is 0 Å². The third-order valence-corrected chi connectivity index (χ3v) is 2.73. The van der Waals surface area contributed by atoms with Crippen molar-refractivity contribution in [2.45, 2.75) is 6.92 Å². The molecule has 0 N–H and O–H groups in total. The van der Waals surface area contributed by atoms with E-state index in [0.717, 1.165) is 28.0 Å². The molecule has 0 amide bonds. The van der Waals surface area contributed by atoms with Crippen molar-refractivity contribution >= 4 is 11.0 Å². The van der Waals surface area contributed by atoms with Gasteiger partial charge in [0.1, 0.15) is 11.8 Å². The van der Waals surface area contributed by atoms with Crippen molar-refractivity contribution in [2.24, 2.45) is 0 Å². The van der Waals surface area contributed by atoms with Gasteiger partial charge in [-0.1, -0.05) is 30.3 Å². The van der Waals surface area contributed by atoms with E-state index in [2.05, 4.69) is 15.0 Å². The fourth-order valence-corrected chi connectivity index (χ4v) is 1.83. The van der Waals surface area contributed by atoms with E-state index in [9.17, 15) is 0 Å². The summed E-state index contributed by atoms with van der Waals surface area (Å²) in [6.45, 7) is 1.95. The highest BCUT2D eigenvalue weighted by atomic mass is 14.9. The van der Waals surface area contributed by atoms with Gasteiger partial charge in [-0.25, -0.2) is 15.0 Å². The number of hydrogen-bond donors (Lipinski definition) is 0. The molecule has 0 spiro atoms. The quantitative estimate of drug-likeness (QED) is 0.634. The van der Waals surface area contributed by atoms with Gasteiger partial charge in [-0.15, -0.1) is 0 Å². The molecule has 2 heterocycles. The number of fused-ring (bicyclic) bond motifs is 1. The first kappa shape index (κ1) is 9.90. The normalized spacial score (nSPS) is 10.6. The second-order valence-corrected chi connectivity index (χ2v) is 3.89. The molecule has 17 heavy (non-hydrogen) atoms. The lowest BCUT2D eigenvalue weighted by atomic mass is 10.1. The largest absolute Gasteiger partial charge is 0.244 e. The molecule has 0 radical (unpaired) electrons. The summed E-state index contributed by atoms with van der Waals surface area (Å²) in [5.41, 5.74) is 4.73. The lowest BCUT2D eigenvalue weighted by molar-refractivity contribution is 1.13. The van der Waals surface area contributed by atoms with Crippen LogP contribution >= 0.6 is 0 Å². The maximum atomic E-state index is 4.62. The van der Waals surface area contributed by atoms with E-state index < -0.39 is 0 Å². The van der Waals surface area contributed by atoms with E-state index in [1.807, 2.05) is 49.4 Å². The first-order valence-electron chi connectivity index (χ1n) is 5.48. The van der Waals surface area contributed by atoms with Crippen LogP contribution in [0.25, 0.3) is 22.3 Å². The van der Waals surface area contributed by atoms with Crippen LogP contribution in [-0.2, 0) is 0 Å². The van der Waals surface area contributed by atoms with Gasteiger partial charge in [0, 0.05) is 5.56 Å². The number of nitrogens with zero attached hydrogens (tertiary/aromatic N) is 3. The van der Waals surface area contributed by atoms with Crippen LogP contribution in [0.2, 0.25) is 0 Å². The standard InChI is InChI=1S/C14H11N3/c1-10-14-13(16-9-15-10)8-7-12(17-14)11-5-3-2-4-6-11/h2-9H,1H3. The maximum absolute atomic E-state index is 4.62. The van der Waals surface area contributed by atoms with E-state index in [1.165, 1.54) is 0 Å². The zero-order chi connectivity index (χ0) is 11.7. The highest BCUT2D eigenvalue weighted by Crippen LogP contribution is 2.20. The van der Waals surface area contributed by atoms with Crippen molar-refractivity contribution in [3.8, 4) is 11.3 Å². The topological polar surface area (TPSA) is 38.7 Å². The number of benzene rings is 1. The Labute approximate surface area is 99.2 Å². The molecular formula is C14H11N3. The second-order valence-electron chi connectivity index (χ2n) is 3.89. The molecule has 1 aromatic carbocycles. The Balaban J connectivity index is 2.23. The maximum Gasteiger partial charge on any atom is 0.116 e. The third kappa shape index (κ3) is 1.76. The van der Waals surface area contributed by atoms with E-state index in [0.29, 0.717) is 0 Å². The molecule has 0 fully saturated rings. The van der Waals surface area contributed by atoms with Gasteiger partial charge in [0.15, 0.2) is 0 Å². The summed E-state index contributed by atoms with van der Waals surface area (Å²) in [5.74, 6) is 0. The Morgan fingerprint density at radius 3 is 2.53 bits per heavy atom. The van der Waals surface area contributed by atoms with Crippen molar-refractivity contribution in [1.29, 1.82) is 0 Å². The van der Waals surface area contributed by atoms with Gasteiger partial charge in [0.25, 0.3) is 0 Å². The third-order valence-electron chi connectivity index (χ3n) is 2.73. The van der Waals surface area contributed by atoms with E-state index in [-0.39, 0.29) is 0 Å². The Morgan fingerprint density at radius 2 is 1.71 bits per heavy atom. The van der Waals surface area contributed by atoms with Crippen LogP contribution in [-0.4, -0.2) is 15.0 Å². The summed E-state index contributed by atoms with van der Waals surface area (Å²) in [6, 6.07) is 14.1. The minimum atomic E-state index is 0.869. The van der Waals surface area contributed by atoms with Crippen LogP contribution in [0.4, 0.5) is 0 Å². The molecule has 0 aliphatic carbocycles. The predicted molar refractivity (Wildman–Crippen MR) is 67.5 cm³/mol. The summed E-state index contributed by atoms with van der Waals surface area (Å²) in [6.07, 6.45) is 1.57. The van der Waals surface area contributed by atoms with Gasteiger partial charge in [0.2, 0.25) is 0 Å². The minimum absolute atomic E-state index is 0.869. The Morgan fingerprint density at radius 1 is 0.882 bits per heavy atom. The van der Waals surface area contributed by atoms with Gasteiger partial charge in [0.05, 0.1) is 16.9 Å². The number of aromatic nitrogens is 3. The smallest absolute Gasteiger partial charge is 0.116 e. The van der Waals surface area contributed by atoms with Crippen LogP contribution in [0.5, 0.6) is 0 Å². The molecule has 0 aliphatic heterocycles. The summed E-state index contributed by atoms with van der Waals surface area (Å²) in [7, 11) is 0. The van der Waals surface area contributed by atoms with Gasteiger partial charge in [-0.2, -0.15) is 0 Å². The molecule has 0 saturated carbocycles. The molecule has 0 unspecified atom stereocenters. The minimum Gasteiger partial charge on any atom is -0.244 e. The van der Waals surface area contributed by atoms with Crippen LogP contribution in [0.1, 0.15) is 5.69 Å². The first-order chi connectivity index (χ1) is 8.34. The van der Waals surface area contributed by atoms with Crippen molar-refractivity contribution in [1.82, 2.24) is 15.0 Å². The van der Waals surface area contributed by atoms with E-state index in [4.69, 9.17) is 0 Å². The molecule has 2 aromatic heterocycles. The predicted octanol–water partition coefficient (Wildman–Crippen LogP) is 3.00. The molecule has 0 atom stereocenters. The highest BCUT2D eigenvalue weighted by molar-refractivity contribution is 5.79. The lowest BCUT2D eigenvalue weighted by Crippen LogP contribution is -1.92. The second kappa shape index (κ2) is 3.94. The summed E-state index contributed by atoms with van der Waals surface area (Å²) < 4.78 is 0. The Kier molecular flexibility index (Phi) is 2.29. The number of hydrogen-bond acceptors (Lipinski definition) is 3. The van der Waals surface area contributed by atoms with Crippen molar-refractivity contribution < 1.29 is 0 Å². The van der Waals surface area contributed by atoms with Crippen LogP contribution in [0.3, 0.4) is 0 Å². The SMILES string of the molecule is Cc1ncnc2ccc(-c3ccccc3)nc12. The highest BCUT2D eigenvalue weighted by Gasteiger charge is 2.04. The van der Waals surface area contributed by atoms with Crippen molar-refractivity contribution in [2.75, 3.05) is 0 Å². The van der Waals surface area contributed by atoms with E-state index >= 15 is 0 Å². The molecule has 0 saturated heterocycles. The monoisotopic (exact) mass is 221 g/mol. The van der Waals surface area contributed by atoms with Crippen LogP contribution in [0.15, 0.2) is 48.8 Å². The number of rotatable bonds is 1. The van der Waals surface area contributed by atoms with Gasteiger partial charge in [-0.3, -0.25) is 0 Å². The fourth-order valence-electron chi connectivity index (χ4n) is 1.83. The average molecular weight is 221 g/mol. The molecule has 3 aromatic rings. The Bertz CT molecular complexity index is 663. The number of aryl methyl sites for hydroxylation is 1. The molecular weight excluding hydrogens is 210 g/mol.